The van der Waals surface area contributed by atoms with Gasteiger partial charge in [0.25, 0.3) is 0 Å². The van der Waals surface area contributed by atoms with Gasteiger partial charge in [-0.1, -0.05) is 0 Å². The van der Waals surface area contributed by atoms with Gasteiger partial charge < -0.3 is 10.5 Å². The van der Waals surface area contributed by atoms with Crippen LogP contribution in [0, 0.1) is 11.8 Å². The van der Waals surface area contributed by atoms with Crippen LogP contribution in [-0.4, -0.2) is 19.3 Å². The summed E-state index contributed by atoms with van der Waals surface area (Å²) in [6.07, 6.45) is 4.28. The summed E-state index contributed by atoms with van der Waals surface area (Å²) >= 11 is 0. The molecule has 0 spiro atoms. The second-order valence-corrected chi connectivity index (χ2v) is 4.16. The first-order valence-electron chi connectivity index (χ1n) is 5.04. The Balaban J connectivity index is 2.11. The predicted molar refractivity (Wildman–Crippen MR) is 51.0 cm³/mol. The molecular formula is C10H21NO. The third-order valence-corrected chi connectivity index (χ3v) is 2.65. The van der Waals surface area contributed by atoms with Crippen LogP contribution in [0.2, 0.25) is 0 Å². The molecule has 0 heterocycles. The highest BCUT2D eigenvalue weighted by Crippen LogP contribution is 2.30. The van der Waals surface area contributed by atoms with Crippen LogP contribution in [0.15, 0.2) is 0 Å². The maximum absolute atomic E-state index is 5.61. The quantitative estimate of drug-likeness (QED) is 0.700. The summed E-state index contributed by atoms with van der Waals surface area (Å²) in [7, 11) is 0. The summed E-state index contributed by atoms with van der Waals surface area (Å²) in [6, 6.07) is 0. The highest BCUT2D eigenvalue weighted by molar-refractivity contribution is 4.75. The molecule has 0 aromatic heterocycles. The monoisotopic (exact) mass is 171 g/mol. The zero-order chi connectivity index (χ0) is 8.97. The highest BCUT2D eigenvalue weighted by Gasteiger charge is 2.23. The van der Waals surface area contributed by atoms with Crippen molar-refractivity contribution in [3.8, 4) is 0 Å². The van der Waals surface area contributed by atoms with Crippen molar-refractivity contribution < 1.29 is 4.74 Å². The number of rotatable bonds is 4. The highest BCUT2D eigenvalue weighted by atomic mass is 16.5. The zero-order valence-corrected chi connectivity index (χ0v) is 8.25. The minimum absolute atomic E-state index is 0.377. The Morgan fingerprint density at radius 1 is 1.33 bits per heavy atom. The molecule has 0 aliphatic heterocycles. The molecule has 2 nitrogen and oxygen atoms in total. The molecule has 2 N–H and O–H groups in total. The molecule has 0 amide bonds. The van der Waals surface area contributed by atoms with E-state index in [0.29, 0.717) is 6.10 Å². The molecule has 0 aromatic rings. The lowest BCUT2D eigenvalue weighted by Crippen LogP contribution is -2.14. The summed E-state index contributed by atoms with van der Waals surface area (Å²) in [5.41, 5.74) is 5.61. The molecule has 1 rings (SSSR count). The van der Waals surface area contributed by atoms with E-state index >= 15 is 0 Å². The van der Waals surface area contributed by atoms with Crippen LogP contribution in [-0.2, 0) is 4.74 Å². The van der Waals surface area contributed by atoms with Crippen LogP contribution < -0.4 is 5.73 Å². The van der Waals surface area contributed by atoms with Gasteiger partial charge in [-0.3, -0.25) is 0 Å². The molecule has 2 atom stereocenters. The minimum atomic E-state index is 0.377. The van der Waals surface area contributed by atoms with Crippen molar-refractivity contribution in [2.75, 3.05) is 13.2 Å². The fourth-order valence-electron chi connectivity index (χ4n) is 1.87. The fraction of sp³-hybridized carbons (Fsp3) is 1.00. The second-order valence-electron chi connectivity index (χ2n) is 4.16. The van der Waals surface area contributed by atoms with E-state index in [-0.39, 0.29) is 0 Å². The van der Waals surface area contributed by atoms with Gasteiger partial charge in [-0.25, -0.2) is 0 Å². The molecule has 0 unspecified atom stereocenters. The Labute approximate surface area is 75.5 Å². The summed E-state index contributed by atoms with van der Waals surface area (Å²) in [5.74, 6) is 1.55. The number of hydrogen-bond donors (Lipinski definition) is 1. The summed E-state index contributed by atoms with van der Waals surface area (Å²) < 4.78 is 5.58. The maximum atomic E-state index is 5.61. The third-order valence-electron chi connectivity index (χ3n) is 2.65. The van der Waals surface area contributed by atoms with Crippen LogP contribution in [0.1, 0.15) is 33.1 Å². The lowest BCUT2D eigenvalue weighted by molar-refractivity contribution is 0.0518. The molecule has 0 radical (unpaired) electrons. The number of ether oxygens (including phenoxy) is 1. The molecule has 1 aliphatic rings. The molecule has 1 aliphatic carbocycles. The van der Waals surface area contributed by atoms with Crippen molar-refractivity contribution in [2.45, 2.75) is 39.2 Å². The van der Waals surface area contributed by atoms with Crippen molar-refractivity contribution in [3.63, 3.8) is 0 Å². The van der Waals surface area contributed by atoms with E-state index in [1.54, 1.807) is 0 Å². The molecule has 72 valence electrons. The fourth-order valence-corrected chi connectivity index (χ4v) is 1.87. The van der Waals surface area contributed by atoms with Crippen LogP contribution >= 0.6 is 0 Å². The average molecular weight is 171 g/mol. The van der Waals surface area contributed by atoms with E-state index in [2.05, 4.69) is 13.8 Å². The smallest absolute Gasteiger partial charge is 0.0519 e. The Bertz CT molecular complexity index is 125. The van der Waals surface area contributed by atoms with Gasteiger partial charge in [0.1, 0.15) is 0 Å². The molecule has 1 fully saturated rings. The SMILES string of the molecule is CC(C)OC[C@H]1CC[C@@H](CN)C1. The van der Waals surface area contributed by atoms with Crippen molar-refractivity contribution in [3.05, 3.63) is 0 Å². The van der Waals surface area contributed by atoms with Gasteiger partial charge in [0.15, 0.2) is 0 Å². The van der Waals surface area contributed by atoms with Gasteiger partial charge in [0.05, 0.1) is 6.10 Å². The molecule has 0 saturated heterocycles. The van der Waals surface area contributed by atoms with Crippen molar-refractivity contribution >= 4 is 0 Å². The predicted octanol–water partition coefficient (Wildman–Crippen LogP) is 1.79. The van der Waals surface area contributed by atoms with Crippen LogP contribution in [0.25, 0.3) is 0 Å². The Hall–Kier alpha value is -0.0800. The van der Waals surface area contributed by atoms with Gasteiger partial charge in [-0.15, -0.1) is 0 Å². The molecule has 0 bridgehead atoms. The number of hydrogen-bond acceptors (Lipinski definition) is 2. The largest absolute Gasteiger partial charge is 0.379 e. The van der Waals surface area contributed by atoms with Gasteiger partial charge in [-0.05, 0) is 51.5 Å². The van der Waals surface area contributed by atoms with E-state index in [1.165, 1.54) is 19.3 Å². The normalized spacial score (nSPS) is 30.0. The van der Waals surface area contributed by atoms with Gasteiger partial charge in [0.2, 0.25) is 0 Å². The molecule has 1 saturated carbocycles. The topological polar surface area (TPSA) is 35.2 Å². The van der Waals surface area contributed by atoms with Gasteiger partial charge in [-0.2, -0.15) is 0 Å². The van der Waals surface area contributed by atoms with E-state index < -0.39 is 0 Å². The summed E-state index contributed by atoms with van der Waals surface area (Å²) in [5, 5.41) is 0. The van der Waals surface area contributed by atoms with E-state index in [1.807, 2.05) is 0 Å². The van der Waals surface area contributed by atoms with Crippen molar-refractivity contribution in [1.29, 1.82) is 0 Å². The zero-order valence-electron chi connectivity index (χ0n) is 8.25. The summed E-state index contributed by atoms with van der Waals surface area (Å²) in [6.45, 7) is 5.98. The lowest BCUT2D eigenvalue weighted by atomic mass is 10.1. The molecule has 12 heavy (non-hydrogen) atoms. The van der Waals surface area contributed by atoms with E-state index in [0.717, 1.165) is 25.0 Å². The van der Waals surface area contributed by atoms with Crippen LogP contribution in [0.4, 0.5) is 0 Å². The Morgan fingerprint density at radius 2 is 2.00 bits per heavy atom. The van der Waals surface area contributed by atoms with Crippen LogP contribution in [0.5, 0.6) is 0 Å². The van der Waals surface area contributed by atoms with E-state index in [4.69, 9.17) is 10.5 Å². The Morgan fingerprint density at radius 3 is 2.50 bits per heavy atom. The first kappa shape index (κ1) is 10.0. The third kappa shape index (κ3) is 3.11. The van der Waals surface area contributed by atoms with Crippen molar-refractivity contribution in [1.82, 2.24) is 0 Å². The van der Waals surface area contributed by atoms with E-state index in [9.17, 15) is 0 Å². The van der Waals surface area contributed by atoms with Gasteiger partial charge in [0, 0.05) is 6.61 Å². The van der Waals surface area contributed by atoms with Crippen LogP contribution in [0.3, 0.4) is 0 Å². The maximum Gasteiger partial charge on any atom is 0.0519 e. The standard InChI is InChI=1S/C10H21NO/c1-8(2)12-7-10-4-3-9(5-10)6-11/h8-10H,3-7,11H2,1-2H3/t9-,10+/m1/s1. The molecule has 0 aromatic carbocycles. The lowest BCUT2D eigenvalue weighted by Gasteiger charge is -2.13. The Kier molecular flexibility index (Phi) is 4.02. The summed E-state index contributed by atoms with van der Waals surface area (Å²) in [4.78, 5) is 0. The average Bonchev–Trinajstić information content (AvgIpc) is 2.48. The number of nitrogens with two attached hydrogens (primary N) is 1. The first-order valence-corrected chi connectivity index (χ1v) is 5.04. The second kappa shape index (κ2) is 4.83. The van der Waals surface area contributed by atoms with Crippen molar-refractivity contribution in [2.24, 2.45) is 17.6 Å². The first-order chi connectivity index (χ1) is 5.72. The molecular weight excluding hydrogens is 150 g/mol. The minimum Gasteiger partial charge on any atom is -0.379 e. The van der Waals surface area contributed by atoms with Gasteiger partial charge >= 0.3 is 0 Å². The molecule has 2 heteroatoms.